The number of benzene rings is 1. The molecular weight excluding hydrogens is 196 g/mol. The Balaban J connectivity index is 2.26. The molecule has 0 aromatic heterocycles. The highest BCUT2D eigenvalue weighted by Gasteiger charge is 2.23. The summed E-state index contributed by atoms with van der Waals surface area (Å²) in [6.45, 7) is 0. The minimum absolute atomic E-state index is 0.125. The van der Waals surface area contributed by atoms with Crippen LogP contribution in [-0.4, -0.2) is 11.5 Å². The zero-order valence-electron chi connectivity index (χ0n) is 7.18. The third kappa shape index (κ3) is 1.54. The van der Waals surface area contributed by atoms with Crippen molar-refractivity contribution in [3.63, 3.8) is 0 Å². The average molecular weight is 202 g/mol. The number of hydrogen-bond acceptors (Lipinski definition) is 3. The van der Waals surface area contributed by atoms with E-state index in [0.717, 1.165) is 5.56 Å². The summed E-state index contributed by atoms with van der Waals surface area (Å²) in [5.74, 6) is -0.125. The first-order chi connectivity index (χ1) is 6.81. The van der Waals surface area contributed by atoms with Gasteiger partial charge in [-0.15, -0.1) is 0 Å². The molecule has 4 heteroatoms. The highest BCUT2D eigenvalue weighted by molar-refractivity contribution is 8.13. The predicted octanol–water partition coefficient (Wildman–Crippen LogP) is 1.90. The van der Waals surface area contributed by atoms with E-state index in [0.29, 0.717) is 5.56 Å². The van der Waals surface area contributed by atoms with Crippen molar-refractivity contribution in [3.8, 4) is 6.07 Å². The third-order valence-electron chi connectivity index (χ3n) is 1.94. The van der Waals surface area contributed by atoms with E-state index in [-0.39, 0.29) is 11.2 Å². The van der Waals surface area contributed by atoms with Crippen LogP contribution >= 0.6 is 11.8 Å². The van der Waals surface area contributed by atoms with E-state index in [1.54, 1.807) is 29.8 Å². The van der Waals surface area contributed by atoms with E-state index in [1.165, 1.54) is 11.8 Å². The fourth-order valence-electron chi connectivity index (χ4n) is 1.22. The summed E-state index contributed by atoms with van der Waals surface area (Å²) in [5.41, 5.74) is 3.06. The molecule has 1 aliphatic rings. The lowest BCUT2D eigenvalue weighted by atomic mass is 10.1. The van der Waals surface area contributed by atoms with E-state index >= 15 is 0 Å². The fraction of sp³-hybridized carbons (Fsp3) is 0.100. The molecule has 2 rings (SSSR count). The molecule has 68 valence electrons. The van der Waals surface area contributed by atoms with Crippen molar-refractivity contribution in [1.29, 1.82) is 5.26 Å². The fourth-order valence-corrected chi connectivity index (χ4v) is 2.00. The van der Waals surface area contributed by atoms with Crippen molar-refractivity contribution < 1.29 is 4.79 Å². The predicted molar refractivity (Wildman–Crippen MR) is 55.0 cm³/mol. The van der Waals surface area contributed by atoms with Crippen molar-refractivity contribution in [2.75, 3.05) is 0 Å². The molecule has 0 N–H and O–H groups in total. The van der Waals surface area contributed by atoms with Gasteiger partial charge in [0.1, 0.15) is 5.25 Å². The van der Waals surface area contributed by atoms with Gasteiger partial charge in [-0.25, -0.2) is 4.99 Å². The van der Waals surface area contributed by atoms with Crippen LogP contribution in [0.15, 0.2) is 29.3 Å². The molecule has 0 spiro atoms. The summed E-state index contributed by atoms with van der Waals surface area (Å²) in [7, 11) is 0. The summed E-state index contributed by atoms with van der Waals surface area (Å²) < 4.78 is 0. The van der Waals surface area contributed by atoms with Crippen LogP contribution in [0.2, 0.25) is 0 Å². The molecule has 1 heterocycles. The normalized spacial score (nSPS) is 19.6. The number of hydrogen-bond donors (Lipinski definition) is 0. The minimum atomic E-state index is -0.220. The number of rotatable bonds is 1. The quantitative estimate of drug-likeness (QED) is 0.698. The van der Waals surface area contributed by atoms with Crippen molar-refractivity contribution in [3.05, 3.63) is 35.4 Å². The van der Waals surface area contributed by atoms with Gasteiger partial charge in [0, 0.05) is 0 Å². The summed E-state index contributed by atoms with van der Waals surface area (Å²) in [6.07, 6.45) is 0. The molecule has 0 saturated heterocycles. The smallest absolute Gasteiger partial charge is 0.264 e. The van der Waals surface area contributed by atoms with Crippen molar-refractivity contribution in [2.45, 2.75) is 5.25 Å². The second-order valence-electron chi connectivity index (χ2n) is 2.82. The highest BCUT2D eigenvalue weighted by atomic mass is 32.2. The second kappa shape index (κ2) is 3.64. The zero-order valence-corrected chi connectivity index (χ0v) is 7.99. The molecular formula is C10H6N2OS. The highest BCUT2D eigenvalue weighted by Crippen LogP contribution is 2.32. The van der Waals surface area contributed by atoms with E-state index in [4.69, 9.17) is 5.26 Å². The molecule has 1 atom stereocenters. The van der Waals surface area contributed by atoms with E-state index in [1.807, 2.05) is 6.07 Å². The first-order valence-corrected chi connectivity index (χ1v) is 4.97. The Hall–Kier alpha value is -1.60. The van der Waals surface area contributed by atoms with Crippen molar-refractivity contribution in [1.82, 2.24) is 0 Å². The molecule has 1 aromatic rings. The molecule has 1 unspecified atom stereocenters. The number of amides is 1. The Kier molecular flexibility index (Phi) is 2.33. The lowest BCUT2D eigenvalue weighted by Gasteiger charge is -2.05. The van der Waals surface area contributed by atoms with Gasteiger partial charge in [-0.05, 0) is 17.7 Å². The van der Waals surface area contributed by atoms with Crippen LogP contribution in [0.25, 0.3) is 0 Å². The van der Waals surface area contributed by atoms with E-state index < -0.39 is 0 Å². The van der Waals surface area contributed by atoms with Crippen LogP contribution in [0.5, 0.6) is 0 Å². The Labute approximate surface area is 85.5 Å². The number of carbonyl (C=O) groups excluding carboxylic acids is 1. The van der Waals surface area contributed by atoms with Crippen LogP contribution < -0.4 is 0 Å². The Bertz CT molecular complexity index is 430. The maximum Gasteiger partial charge on any atom is 0.264 e. The zero-order chi connectivity index (χ0) is 9.97. The van der Waals surface area contributed by atoms with Crippen LogP contribution in [0.3, 0.4) is 0 Å². The van der Waals surface area contributed by atoms with Gasteiger partial charge in [-0.1, -0.05) is 23.9 Å². The number of carbonyl (C=O) groups is 1. The molecule has 1 aliphatic heterocycles. The molecule has 1 aromatic carbocycles. The largest absolute Gasteiger partial charge is 0.271 e. The molecule has 0 aliphatic carbocycles. The number of aliphatic imine (C=N–C) groups is 1. The number of nitrogens with zero attached hydrogens (tertiary/aromatic N) is 2. The number of thioether (sulfide) groups is 1. The molecule has 0 bridgehead atoms. The van der Waals surface area contributed by atoms with Gasteiger partial charge in [0.15, 0.2) is 0 Å². The number of nitriles is 1. The first kappa shape index (κ1) is 8.97. The molecule has 3 nitrogen and oxygen atoms in total. The third-order valence-corrected chi connectivity index (χ3v) is 2.92. The van der Waals surface area contributed by atoms with E-state index in [2.05, 4.69) is 4.99 Å². The average Bonchev–Trinajstić information content (AvgIpc) is 2.65. The molecule has 0 saturated carbocycles. The Morgan fingerprint density at radius 1 is 1.36 bits per heavy atom. The second-order valence-corrected chi connectivity index (χ2v) is 3.78. The Morgan fingerprint density at radius 2 is 2.07 bits per heavy atom. The summed E-state index contributed by atoms with van der Waals surface area (Å²) in [6, 6.07) is 9.04. The van der Waals surface area contributed by atoms with Gasteiger partial charge in [-0.2, -0.15) is 5.26 Å². The molecule has 0 fully saturated rings. The van der Waals surface area contributed by atoms with Crippen LogP contribution in [0.4, 0.5) is 0 Å². The van der Waals surface area contributed by atoms with Crippen molar-refractivity contribution >= 4 is 23.2 Å². The summed E-state index contributed by atoms with van der Waals surface area (Å²) in [4.78, 5) is 14.9. The monoisotopic (exact) mass is 202 g/mol. The van der Waals surface area contributed by atoms with Crippen LogP contribution in [0.1, 0.15) is 16.4 Å². The topological polar surface area (TPSA) is 53.2 Å². The van der Waals surface area contributed by atoms with Crippen molar-refractivity contribution in [2.24, 2.45) is 4.99 Å². The van der Waals surface area contributed by atoms with Gasteiger partial charge < -0.3 is 0 Å². The van der Waals surface area contributed by atoms with E-state index in [9.17, 15) is 4.79 Å². The summed E-state index contributed by atoms with van der Waals surface area (Å²) in [5, 5.41) is 8.38. The van der Waals surface area contributed by atoms with Gasteiger partial charge in [0.25, 0.3) is 5.91 Å². The maximum absolute atomic E-state index is 11.2. The Morgan fingerprint density at radius 3 is 2.57 bits per heavy atom. The summed E-state index contributed by atoms with van der Waals surface area (Å²) >= 11 is 1.39. The molecule has 0 radical (unpaired) electrons. The lowest BCUT2D eigenvalue weighted by Crippen LogP contribution is -2.00. The van der Waals surface area contributed by atoms with Crippen LogP contribution in [0, 0.1) is 11.3 Å². The van der Waals surface area contributed by atoms with Gasteiger partial charge in [0.05, 0.1) is 17.2 Å². The standard InChI is InChI=1S/C10H6N2OS/c11-5-7-1-3-8(4-2-7)9-10(13)12-6-14-9/h1-4,6,9H. The lowest BCUT2D eigenvalue weighted by molar-refractivity contribution is -0.117. The molecule has 14 heavy (non-hydrogen) atoms. The van der Waals surface area contributed by atoms with Crippen LogP contribution in [-0.2, 0) is 4.79 Å². The van der Waals surface area contributed by atoms with Gasteiger partial charge in [-0.3, -0.25) is 4.79 Å². The molecule has 1 amide bonds. The van der Waals surface area contributed by atoms with Gasteiger partial charge >= 0.3 is 0 Å². The maximum atomic E-state index is 11.2. The minimum Gasteiger partial charge on any atom is -0.271 e. The SMILES string of the molecule is N#Cc1ccc(C2SC=NC2=O)cc1. The van der Waals surface area contributed by atoms with Gasteiger partial charge in [0.2, 0.25) is 0 Å². The first-order valence-electron chi connectivity index (χ1n) is 4.03.